The van der Waals surface area contributed by atoms with Gasteiger partial charge in [-0.05, 0) is 51.9 Å². The third kappa shape index (κ3) is 5.86. The summed E-state index contributed by atoms with van der Waals surface area (Å²) in [5, 5.41) is 11.8. The number of carbonyl (C=O) groups excluding carboxylic acids is 1. The quantitative estimate of drug-likeness (QED) is 0.557. The van der Waals surface area contributed by atoms with Gasteiger partial charge in [-0.1, -0.05) is 42.5 Å². The summed E-state index contributed by atoms with van der Waals surface area (Å²) in [7, 11) is 0. The number of halogens is 1. The van der Waals surface area contributed by atoms with E-state index in [0.29, 0.717) is 0 Å². The maximum atomic E-state index is 11.9. The van der Waals surface area contributed by atoms with Crippen molar-refractivity contribution in [3.05, 3.63) is 75.4 Å². The zero-order valence-electron chi connectivity index (χ0n) is 12.3. The molecule has 0 spiro atoms. The molecule has 1 atom stereocenters. The van der Waals surface area contributed by atoms with Crippen LogP contribution in [0.3, 0.4) is 0 Å². The number of hydrogen-bond acceptors (Lipinski definition) is 2. The van der Waals surface area contributed by atoms with Gasteiger partial charge in [0.15, 0.2) is 0 Å². The summed E-state index contributed by atoms with van der Waals surface area (Å²) in [5.74, 6) is -1.48. The van der Waals surface area contributed by atoms with E-state index >= 15 is 0 Å². The monoisotopic (exact) mass is 421 g/mol. The fourth-order valence-electron chi connectivity index (χ4n) is 2.01. The summed E-state index contributed by atoms with van der Waals surface area (Å²) in [4.78, 5) is 23.3. The molecule has 2 aromatic carbocycles. The van der Waals surface area contributed by atoms with Crippen molar-refractivity contribution in [3.8, 4) is 0 Å². The molecule has 2 rings (SSSR count). The van der Waals surface area contributed by atoms with Crippen LogP contribution in [0.25, 0.3) is 6.08 Å². The van der Waals surface area contributed by atoms with Crippen LogP contribution < -0.4 is 5.32 Å². The standard InChI is InChI=1S/C18H16INO3/c19-15-9-6-14(7-10-15)12-16(18(22)23)20-17(21)11-8-13-4-2-1-3-5-13/h1-11,16H,12H2,(H,20,21)(H,22,23)/b11-8+/t16-/m0/s1. The Bertz CT molecular complexity index is 696. The maximum absolute atomic E-state index is 11.9. The summed E-state index contributed by atoms with van der Waals surface area (Å²) >= 11 is 2.18. The van der Waals surface area contributed by atoms with Crippen LogP contribution in [-0.4, -0.2) is 23.0 Å². The Balaban J connectivity index is 1.98. The molecule has 23 heavy (non-hydrogen) atoms. The van der Waals surface area contributed by atoms with E-state index in [1.165, 1.54) is 6.08 Å². The van der Waals surface area contributed by atoms with Crippen LogP contribution in [0.15, 0.2) is 60.7 Å². The molecule has 2 aromatic rings. The highest BCUT2D eigenvalue weighted by atomic mass is 127. The van der Waals surface area contributed by atoms with E-state index in [-0.39, 0.29) is 6.42 Å². The van der Waals surface area contributed by atoms with Gasteiger partial charge in [0.05, 0.1) is 0 Å². The largest absolute Gasteiger partial charge is 0.480 e. The van der Waals surface area contributed by atoms with Crippen LogP contribution in [0, 0.1) is 3.57 Å². The van der Waals surface area contributed by atoms with Gasteiger partial charge in [0.1, 0.15) is 6.04 Å². The lowest BCUT2D eigenvalue weighted by molar-refractivity contribution is -0.141. The third-order valence-electron chi connectivity index (χ3n) is 3.19. The minimum atomic E-state index is -1.05. The molecule has 0 bridgehead atoms. The fraction of sp³-hybridized carbons (Fsp3) is 0.111. The normalized spacial score (nSPS) is 12.0. The smallest absolute Gasteiger partial charge is 0.326 e. The Morgan fingerprint density at radius 3 is 2.35 bits per heavy atom. The van der Waals surface area contributed by atoms with Crippen molar-refractivity contribution >= 4 is 40.5 Å². The first-order chi connectivity index (χ1) is 11.0. The Morgan fingerprint density at radius 2 is 1.74 bits per heavy atom. The average Bonchev–Trinajstić information content (AvgIpc) is 2.55. The first-order valence-corrected chi connectivity index (χ1v) is 8.13. The van der Waals surface area contributed by atoms with Crippen molar-refractivity contribution in [1.29, 1.82) is 0 Å². The number of carbonyl (C=O) groups is 2. The van der Waals surface area contributed by atoms with E-state index < -0.39 is 17.9 Å². The second-order valence-corrected chi connectivity index (χ2v) is 6.22. The van der Waals surface area contributed by atoms with Crippen LogP contribution in [0.1, 0.15) is 11.1 Å². The zero-order chi connectivity index (χ0) is 16.7. The number of carboxylic acid groups (broad SMARTS) is 1. The lowest BCUT2D eigenvalue weighted by Gasteiger charge is -2.13. The number of nitrogens with one attached hydrogen (secondary N) is 1. The van der Waals surface area contributed by atoms with Crippen molar-refractivity contribution < 1.29 is 14.7 Å². The molecule has 0 aliphatic carbocycles. The molecule has 0 heterocycles. The van der Waals surface area contributed by atoms with Crippen molar-refractivity contribution in [1.82, 2.24) is 5.32 Å². The van der Waals surface area contributed by atoms with Gasteiger partial charge in [0, 0.05) is 16.1 Å². The molecule has 0 unspecified atom stereocenters. The van der Waals surface area contributed by atoms with Crippen LogP contribution >= 0.6 is 22.6 Å². The van der Waals surface area contributed by atoms with Gasteiger partial charge in [-0.2, -0.15) is 0 Å². The zero-order valence-corrected chi connectivity index (χ0v) is 14.4. The molecule has 0 fully saturated rings. The summed E-state index contributed by atoms with van der Waals surface area (Å²) in [6.45, 7) is 0. The Labute approximate surface area is 148 Å². The van der Waals surface area contributed by atoms with E-state index in [2.05, 4.69) is 27.9 Å². The number of hydrogen-bond donors (Lipinski definition) is 2. The van der Waals surface area contributed by atoms with Crippen molar-refractivity contribution in [2.75, 3.05) is 0 Å². The minimum Gasteiger partial charge on any atom is -0.480 e. The molecule has 0 saturated carbocycles. The molecule has 2 N–H and O–H groups in total. The van der Waals surface area contributed by atoms with Gasteiger partial charge >= 0.3 is 5.97 Å². The summed E-state index contributed by atoms with van der Waals surface area (Å²) in [6.07, 6.45) is 3.25. The lowest BCUT2D eigenvalue weighted by Crippen LogP contribution is -2.41. The van der Waals surface area contributed by atoms with Crippen molar-refractivity contribution in [3.63, 3.8) is 0 Å². The third-order valence-corrected chi connectivity index (χ3v) is 3.91. The molecular weight excluding hydrogens is 405 g/mol. The van der Waals surface area contributed by atoms with Gasteiger partial charge in [-0.15, -0.1) is 0 Å². The molecule has 1 amide bonds. The van der Waals surface area contributed by atoms with Gasteiger partial charge in [-0.25, -0.2) is 4.79 Å². The van der Waals surface area contributed by atoms with Gasteiger partial charge in [-0.3, -0.25) is 4.79 Å². The van der Waals surface area contributed by atoms with Gasteiger partial charge in [0.2, 0.25) is 5.91 Å². The van der Waals surface area contributed by atoms with E-state index in [1.54, 1.807) is 6.08 Å². The van der Waals surface area contributed by atoms with E-state index in [1.807, 2.05) is 54.6 Å². The molecule has 0 saturated heterocycles. The average molecular weight is 421 g/mol. The Hall–Kier alpha value is -2.15. The number of rotatable bonds is 6. The number of carboxylic acids is 1. The minimum absolute atomic E-state index is 0.247. The van der Waals surface area contributed by atoms with Gasteiger partial charge < -0.3 is 10.4 Å². The molecular formula is C18H16INO3. The Kier molecular flexibility index (Phi) is 6.34. The second kappa shape index (κ2) is 8.47. The fourth-order valence-corrected chi connectivity index (χ4v) is 2.37. The van der Waals surface area contributed by atoms with Crippen LogP contribution in [-0.2, 0) is 16.0 Å². The number of aliphatic carboxylic acids is 1. The first kappa shape index (κ1) is 17.2. The number of amides is 1. The highest BCUT2D eigenvalue weighted by Crippen LogP contribution is 2.09. The highest BCUT2D eigenvalue weighted by molar-refractivity contribution is 14.1. The van der Waals surface area contributed by atoms with Crippen LogP contribution in [0.5, 0.6) is 0 Å². The molecule has 0 aliphatic rings. The van der Waals surface area contributed by atoms with Crippen molar-refractivity contribution in [2.45, 2.75) is 12.5 Å². The predicted octanol–water partition coefficient (Wildman–Crippen LogP) is 3.12. The first-order valence-electron chi connectivity index (χ1n) is 7.05. The van der Waals surface area contributed by atoms with Crippen molar-refractivity contribution in [2.24, 2.45) is 0 Å². The molecule has 5 heteroatoms. The topological polar surface area (TPSA) is 66.4 Å². The van der Waals surface area contributed by atoms with Crippen LogP contribution in [0.2, 0.25) is 0 Å². The van der Waals surface area contributed by atoms with Crippen LogP contribution in [0.4, 0.5) is 0 Å². The molecule has 0 radical (unpaired) electrons. The highest BCUT2D eigenvalue weighted by Gasteiger charge is 2.19. The van der Waals surface area contributed by atoms with E-state index in [4.69, 9.17) is 0 Å². The SMILES string of the molecule is O=C(/C=C/c1ccccc1)N[C@@H](Cc1ccc(I)cc1)C(=O)O. The van der Waals surface area contributed by atoms with E-state index in [0.717, 1.165) is 14.7 Å². The molecule has 4 nitrogen and oxygen atoms in total. The summed E-state index contributed by atoms with van der Waals surface area (Å²) in [6, 6.07) is 15.9. The maximum Gasteiger partial charge on any atom is 0.326 e. The van der Waals surface area contributed by atoms with E-state index in [9.17, 15) is 14.7 Å². The molecule has 0 aliphatic heterocycles. The lowest BCUT2D eigenvalue weighted by atomic mass is 10.1. The molecule has 118 valence electrons. The predicted molar refractivity (Wildman–Crippen MR) is 97.9 cm³/mol. The Morgan fingerprint density at radius 1 is 1.09 bits per heavy atom. The second-order valence-electron chi connectivity index (χ2n) is 4.97. The summed E-state index contributed by atoms with van der Waals surface area (Å²) in [5.41, 5.74) is 1.75. The number of benzene rings is 2. The summed E-state index contributed by atoms with van der Waals surface area (Å²) < 4.78 is 1.08. The molecule has 0 aromatic heterocycles. The van der Waals surface area contributed by atoms with Gasteiger partial charge in [0.25, 0.3) is 0 Å².